The Labute approximate surface area is 88.2 Å². The summed E-state index contributed by atoms with van der Waals surface area (Å²) in [6.07, 6.45) is 7.31. The summed E-state index contributed by atoms with van der Waals surface area (Å²) in [5.74, 6) is 1.68. The second-order valence-corrected chi connectivity index (χ2v) is 4.73. The standard InChI is InChI=1S/C12H24N2/c1-4-6-12(13)14(3)11-8-5-7-10(2)9-11/h10-11,13H,4-9H2,1-3H3. The van der Waals surface area contributed by atoms with Crippen LogP contribution in [0.1, 0.15) is 52.4 Å². The molecule has 82 valence electrons. The van der Waals surface area contributed by atoms with Gasteiger partial charge in [-0.2, -0.15) is 0 Å². The molecule has 2 heteroatoms. The fourth-order valence-electron chi connectivity index (χ4n) is 2.39. The van der Waals surface area contributed by atoms with E-state index in [-0.39, 0.29) is 0 Å². The maximum Gasteiger partial charge on any atom is 0.0957 e. The van der Waals surface area contributed by atoms with E-state index in [1.807, 2.05) is 0 Å². The van der Waals surface area contributed by atoms with E-state index in [0.717, 1.165) is 24.6 Å². The van der Waals surface area contributed by atoms with Crippen molar-refractivity contribution in [1.82, 2.24) is 4.90 Å². The normalized spacial score (nSPS) is 27.4. The van der Waals surface area contributed by atoms with E-state index in [2.05, 4.69) is 25.8 Å². The molecule has 1 rings (SSSR count). The summed E-state index contributed by atoms with van der Waals surface area (Å²) in [5, 5.41) is 7.92. The van der Waals surface area contributed by atoms with Gasteiger partial charge in [-0.1, -0.05) is 26.7 Å². The molecule has 0 heterocycles. The molecule has 14 heavy (non-hydrogen) atoms. The van der Waals surface area contributed by atoms with Crippen LogP contribution < -0.4 is 0 Å². The molecule has 2 nitrogen and oxygen atoms in total. The zero-order chi connectivity index (χ0) is 10.6. The Bertz CT molecular complexity index is 189. The molecule has 0 radical (unpaired) electrons. The molecule has 0 aromatic rings. The molecule has 1 aliphatic rings. The van der Waals surface area contributed by atoms with Gasteiger partial charge in [-0.15, -0.1) is 0 Å². The molecule has 1 fully saturated rings. The van der Waals surface area contributed by atoms with E-state index in [1.165, 1.54) is 25.7 Å². The van der Waals surface area contributed by atoms with Crippen LogP contribution in [0.2, 0.25) is 0 Å². The number of nitrogens with one attached hydrogen (secondary N) is 1. The molecule has 1 saturated carbocycles. The molecular formula is C12H24N2. The number of nitrogens with zero attached hydrogens (tertiary/aromatic N) is 1. The lowest BCUT2D eigenvalue weighted by atomic mass is 9.86. The van der Waals surface area contributed by atoms with Crippen LogP contribution in [0.25, 0.3) is 0 Å². The third-order valence-corrected chi connectivity index (χ3v) is 3.37. The lowest BCUT2D eigenvalue weighted by molar-refractivity contribution is 0.228. The van der Waals surface area contributed by atoms with Crippen molar-refractivity contribution >= 4 is 5.84 Å². The molecular weight excluding hydrogens is 172 g/mol. The molecule has 0 aliphatic heterocycles. The molecule has 0 aromatic heterocycles. The molecule has 0 bridgehead atoms. The Morgan fingerprint density at radius 2 is 2.14 bits per heavy atom. The highest BCUT2D eigenvalue weighted by atomic mass is 15.2. The van der Waals surface area contributed by atoms with Crippen molar-refractivity contribution < 1.29 is 0 Å². The van der Waals surface area contributed by atoms with Crippen molar-refractivity contribution in [2.24, 2.45) is 5.92 Å². The molecule has 1 N–H and O–H groups in total. The van der Waals surface area contributed by atoms with Crippen molar-refractivity contribution in [2.45, 2.75) is 58.4 Å². The Balaban J connectivity index is 2.42. The number of rotatable bonds is 3. The highest BCUT2D eigenvalue weighted by Crippen LogP contribution is 2.26. The molecule has 2 atom stereocenters. The minimum atomic E-state index is 0.637. The van der Waals surface area contributed by atoms with Crippen LogP contribution in [0.4, 0.5) is 0 Å². The number of hydrogen-bond acceptors (Lipinski definition) is 1. The third-order valence-electron chi connectivity index (χ3n) is 3.37. The zero-order valence-electron chi connectivity index (χ0n) is 9.84. The Morgan fingerprint density at radius 3 is 2.71 bits per heavy atom. The van der Waals surface area contributed by atoms with E-state index >= 15 is 0 Å². The van der Waals surface area contributed by atoms with Gasteiger partial charge in [0.25, 0.3) is 0 Å². The van der Waals surface area contributed by atoms with E-state index < -0.39 is 0 Å². The summed E-state index contributed by atoms with van der Waals surface area (Å²) in [6.45, 7) is 4.48. The van der Waals surface area contributed by atoms with Gasteiger partial charge in [0.2, 0.25) is 0 Å². The molecule has 0 amide bonds. The highest BCUT2D eigenvalue weighted by molar-refractivity contribution is 5.79. The van der Waals surface area contributed by atoms with Gasteiger partial charge < -0.3 is 4.90 Å². The smallest absolute Gasteiger partial charge is 0.0957 e. The Hall–Kier alpha value is -0.530. The molecule has 1 aliphatic carbocycles. The van der Waals surface area contributed by atoms with Gasteiger partial charge in [0.05, 0.1) is 5.84 Å². The van der Waals surface area contributed by atoms with Gasteiger partial charge in [0.1, 0.15) is 0 Å². The maximum atomic E-state index is 7.92. The van der Waals surface area contributed by atoms with Gasteiger partial charge in [0.15, 0.2) is 0 Å². The van der Waals surface area contributed by atoms with E-state index in [0.29, 0.717) is 6.04 Å². The van der Waals surface area contributed by atoms with Gasteiger partial charge in [-0.05, 0) is 25.2 Å². The summed E-state index contributed by atoms with van der Waals surface area (Å²) < 4.78 is 0. The zero-order valence-corrected chi connectivity index (χ0v) is 9.84. The van der Waals surface area contributed by atoms with E-state index in [4.69, 9.17) is 5.41 Å². The first-order valence-corrected chi connectivity index (χ1v) is 5.95. The Morgan fingerprint density at radius 1 is 1.43 bits per heavy atom. The minimum Gasteiger partial charge on any atom is -0.361 e. The predicted octanol–water partition coefficient (Wildman–Crippen LogP) is 3.27. The quantitative estimate of drug-likeness (QED) is 0.544. The van der Waals surface area contributed by atoms with E-state index in [1.54, 1.807) is 0 Å². The lowest BCUT2D eigenvalue weighted by Gasteiger charge is -2.35. The number of amidine groups is 1. The summed E-state index contributed by atoms with van der Waals surface area (Å²) in [4.78, 5) is 2.21. The fraction of sp³-hybridized carbons (Fsp3) is 0.917. The predicted molar refractivity (Wildman–Crippen MR) is 61.8 cm³/mol. The van der Waals surface area contributed by atoms with Crippen LogP contribution >= 0.6 is 0 Å². The third kappa shape index (κ3) is 3.00. The summed E-state index contributed by atoms with van der Waals surface area (Å²) in [5.41, 5.74) is 0. The van der Waals surface area contributed by atoms with E-state index in [9.17, 15) is 0 Å². The van der Waals surface area contributed by atoms with Crippen LogP contribution in [0.5, 0.6) is 0 Å². The Kier molecular flexibility index (Phi) is 4.43. The van der Waals surface area contributed by atoms with Gasteiger partial charge in [-0.3, -0.25) is 5.41 Å². The van der Waals surface area contributed by atoms with Crippen molar-refractivity contribution in [3.8, 4) is 0 Å². The average Bonchev–Trinajstić information content (AvgIpc) is 2.17. The van der Waals surface area contributed by atoms with Gasteiger partial charge in [0, 0.05) is 19.5 Å². The second-order valence-electron chi connectivity index (χ2n) is 4.73. The lowest BCUT2D eigenvalue weighted by Crippen LogP contribution is -2.39. The largest absolute Gasteiger partial charge is 0.361 e. The van der Waals surface area contributed by atoms with Crippen LogP contribution in [0.3, 0.4) is 0 Å². The summed E-state index contributed by atoms with van der Waals surface area (Å²) in [7, 11) is 2.10. The minimum absolute atomic E-state index is 0.637. The molecule has 2 unspecified atom stereocenters. The summed E-state index contributed by atoms with van der Waals surface area (Å²) >= 11 is 0. The highest BCUT2D eigenvalue weighted by Gasteiger charge is 2.23. The van der Waals surface area contributed by atoms with Gasteiger partial charge in [-0.25, -0.2) is 0 Å². The topological polar surface area (TPSA) is 27.1 Å². The first kappa shape index (κ1) is 11.5. The van der Waals surface area contributed by atoms with Crippen LogP contribution in [-0.4, -0.2) is 23.8 Å². The molecule has 0 aromatic carbocycles. The SMILES string of the molecule is CCCC(=N)N(C)C1CCCC(C)C1. The first-order chi connectivity index (χ1) is 6.65. The molecule has 0 spiro atoms. The van der Waals surface area contributed by atoms with Crippen molar-refractivity contribution in [2.75, 3.05) is 7.05 Å². The van der Waals surface area contributed by atoms with Crippen LogP contribution in [0, 0.1) is 11.3 Å². The van der Waals surface area contributed by atoms with Crippen LogP contribution in [0.15, 0.2) is 0 Å². The maximum absolute atomic E-state index is 7.92. The second kappa shape index (κ2) is 5.38. The van der Waals surface area contributed by atoms with Crippen LogP contribution in [-0.2, 0) is 0 Å². The summed E-state index contributed by atoms with van der Waals surface area (Å²) in [6, 6.07) is 0.637. The van der Waals surface area contributed by atoms with Crippen molar-refractivity contribution in [3.05, 3.63) is 0 Å². The van der Waals surface area contributed by atoms with Crippen molar-refractivity contribution in [1.29, 1.82) is 5.41 Å². The number of hydrogen-bond donors (Lipinski definition) is 1. The fourth-order valence-corrected chi connectivity index (χ4v) is 2.39. The monoisotopic (exact) mass is 196 g/mol. The van der Waals surface area contributed by atoms with Gasteiger partial charge >= 0.3 is 0 Å². The molecule has 0 saturated heterocycles. The van der Waals surface area contributed by atoms with Crippen molar-refractivity contribution in [3.63, 3.8) is 0 Å². The first-order valence-electron chi connectivity index (χ1n) is 5.95. The average molecular weight is 196 g/mol.